The van der Waals surface area contributed by atoms with E-state index < -0.39 is 17.5 Å². The maximum atomic E-state index is 12.1. The van der Waals surface area contributed by atoms with Crippen molar-refractivity contribution in [2.75, 3.05) is 16.9 Å². The minimum absolute atomic E-state index is 0. The van der Waals surface area contributed by atoms with Gasteiger partial charge in [-0.25, -0.2) is 4.79 Å². The first-order chi connectivity index (χ1) is 10.5. The highest BCUT2D eigenvalue weighted by Gasteiger charge is 2.43. The number of benzene rings is 1. The number of carbonyl (C=O) groups is 3. The molecule has 0 radical (unpaired) electrons. The van der Waals surface area contributed by atoms with Crippen LogP contribution in [-0.4, -0.2) is 35.5 Å². The average Bonchev–Trinajstić information content (AvgIpc) is 3.09. The molecule has 2 aliphatic rings. The van der Waals surface area contributed by atoms with E-state index in [2.05, 4.69) is 21.3 Å². The first-order valence-electron chi connectivity index (χ1n) is 6.85. The maximum absolute atomic E-state index is 12.1. The molecule has 2 fully saturated rings. The number of carbonyl (C=O) groups excluding carboxylic acids is 3. The van der Waals surface area contributed by atoms with E-state index in [0.29, 0.717) is 11.3 Å². The lowest BCUT2D eigenvalue weighted by atomic mass is 9.92. The van der Waals surface area contributed by atoms with Crippen LogP contribution in [0, 0.1) is 0 Å². The zero-order valence-corrected chi connectivity index (χ0v) is 14.0. The van der Waals surface area contributed by atoms with Crippen LogP contribution in [0.1, 0.15) is 12.5 Å². The molecular weight excluding hydrogens is 340 g/mol. The van der Waals surface area contributed by atoms with Crippen LogP contribution < -0.4 is 21.3 Å². The van der Waals surface area contributed by atoms with E-state index in [0.717, 1.165) is 11.6 Å². The molecule has 2 unspecified atom stereocenters. The van der Waals surface area contributed by atoms with Crippen molar-refractivity contribution in [1.29, 1.82) is 0 Å². The fourth-order valence-electron chi connectivity index (χ4n) is 2.45. The Morgan fingerprint density at radius 2 is 2.17 bits per heavy atom. The van der Waals surface area contributed by atoms with Gasteiger partial charge in [0.1, 0.15) is 5.54 Å². The number of anilines is 1. The Hall–Kier alpha value is -1.77. The van der Waals surface area contributed by atoms with Gasteiger partial charge in [0, 0.05) is 17.3 Å². The molecule has 0 spiro atoms. The number of thioether (sulfide) groups is 1. The van der Waals surface area contributed by atoms with Crippen LogP contribution in [0.5, 0.6) is 0 Å². The Labute approximate surface area is 143 Å². The van der Waals surface area contributed by atoms with Gasteiger partial charge >= 0.3 is 6.03 Å². The second-order valence-electron chi connectivity index (χ2n) is 5.38. The quantitative estimate of drug-likeness (QED) is 0.599. The molecule has 0 aliphatic carbocycles. The fourth-order valence-corrected chi connectivity index (χ4v) is 3.39. The van der Waals surface area contributed by atoms with Gasteiger partial charge in [-0.2, -0.15) is 0 Å². The molecule has 1 aromatic carbocycles. The monoisotopic (exact) mass is 356 g/mol. The van der Waals surface area contributed by atoms with E-state index in [1.807, 2.05) is 0 Å². The molecule has 124 valence electrons. The summed E-state index contributed by atoms with van der Waals surface area (Å²) in [5.41, 5.74) is 0.0815. The lowest BCUT2D eigenvalue weighted by Gasteiger charge is -2.22. The number of halogens is 1. The molecule has 0 bridgehead atoms. The first-order valence-corrected chi connectivity index (χ1v) is 8.00. The summed E-state index contributed by atoms with van der Waals surface area (Å²) >= 11 is 1.67. The van der Waals surface area contributed by atoms with Gasteiger partial charge in [-0.15, -0.1) is 24.2 Å². The summed E-state index contributed by atoms with van der Waals surface area (Å²) in [6.07, 6.45) is 0. The Morgan fingerprint density at radius 1 is 1.39 bits per heavy atom. The maximum Gasteiger partial charge on any atom is 0.322 e. The molecule has 4 amide bonds. The number of urea groups is 1. The van der Waals surface area contributed by atoms with E-state index in [9.17, 15) is 14.4 Å². The van der Waals surface area contributed by atoms with E-state index in [-0.39, 0.29) is 24.4 Å². The molecule has 7 nitrogen and oxygen atoms in total. The normalized spacial score (nSPS) is 26.2. The van der Waals surface area contributed by atoms with Crippen molar-refractivity contribution in [3.05, 3.63) is 29.8 Å². The molecule has 9 heteroatoms. The molecule has 3 rings (SSSR count). The molecule has 0 saturated carbocycles. The van der Waals surface area contributed by atoms with Gasteiger partial charge in [-0.1, -0.05) is 12.1 Å². The van der Waals surface area contributed by atoms with Crippen molar-refractivity contribution in [1.82, 2.24) is 16.0 Å². The van der Waals surface area contributed by atoms with E-state index in [4.69, 9.17) is 0 Å². The molecule has 23 heavy (non-hydrogen) atoms. The lowest BCUT2D eigenvalue weighted by molar-refractivity contribution is -0.123. The number of nitrogens with one attached hydrogen (secondary N) is 4. The van der Waals surface area contributed by atoms with Crippen LogP contribution in [0.2, 0.25) is 0 Å². The molecular formula is C14H17ClN4O3S. The predicted molar refractivity (Wildman–Crippen MR) is 90.6 cm³/mol. The van der Waals surface area contributed by atoms with Crippen LogP contribution in [0.25, 0.3) is 0 Å². The van der Waals surface area contributed by atoms with Crippen LogP contribution >= 0.6 is 24.2 Å². The Kier molecular flexibility index (Phi) is 5.18. The highest BCUT2D eigenvalue weighted by atomic mass is 35.5. The van der Waals surface area contributed by atoms with E-state index >= 15 is 0 Å². The third-order valence-electron chi connectivity index (χ3n) is 3.78. The van der Waals surface area contributed by atoms with Crippen molar-refractivity contribution in [3.8, 4) is 0 Å². The van der Waals surface area contributed by atoms with Gasteiger partial charge in [-0.05, 0) is 24.6 Å². The van der Waals surface area contributed by atoms with Gasteiger partial charge in [0.2, 0.25) is 5.91 Å². The van der Waals surface area contributed by atoms with Crippen LogP contribution in [0.4, 0.5) is 10.5 Å². The Morgan fingerprint density at radius 3 is 2.78 bits per heavy atom. The standard InChI is InChI=1S/C14H16N4O3S.ClH/c1-14(12(20)17-13(21)18-14)8-3-2-4-9(5-8)16-11(19)10-6-22-7-15-10;/h2-5,10,15H,6-7H2,1H3,(H,16,19)(H2,17,18,20,21);1H. The summed E-state index contributed by atoms with van der Waals surface area (Å²) in [7, 11) is 0. The molecule has 2 aliphatic heterocycles. The number of imide groups is 1. The van der Waals surface area contributed by atoms with E-state index in [1.165, 1.54) is 0 Å². The molecule has 4 N–H and O–H groups in total. The van der Waals surface area contributed by atoms with Crippen LogP contribution in [0.15, 0.2) is 24.3 Å². The van der Waals surface area contributed by atoms with E-state index in [1.54, 1.807) is 43.0 Å². The molecule has 0 aromatic heterocycles. The first kappa shape index (κ1) is 17.6. The largest absolute Gasteiger partial charge is 0.325 e. The summed E-state index contributed by atoms with van der Waals surface area (Å²) < 4.78 is 0. The van der Waals surface area contributed by atoms with Crippen molar-refractivity contribution in [2.45, 2.75) is 18.5 Å². The smallest absolute Gasteiger partial charge is 0.322 e. The molecule has 2 heterocycles. The second kappa shape index (κ2) is 6.77. The van der Waals surface area contributed by atoms with Crippen molar-refractivity contribution in [2.24, 2.45) is 0 Å². The van der Waals surface area contributed by atoms with Crippen LogP contribution in [0.3, 0.4) is 0 Å². The van der Waals surface area contributed by atoms with Gasteiger partial charge in [0.25, 0.3) is 5.91 Å². The highest BCUT2D eigenvalue weighted by molar-refractivity contribution is 7.99. The van der Waals surface area contributed by atoms with Crippen molar-refractivity contribution in [3.63, 3.8) is 0 Å². The fraction of sp³-hybridized carbons (Fsp3) is 0.357. The predicted octanol–water partition coefficient (Wildman–Crippen LogP) is 0.764. The number of amides is 4. The zero-order valence-electron chi connectivity index (χ0n) is 12.3. The molecule has 2 atom stereocenters. The van der Waals surface area contributed by atoms with Gasteiger partial charge in [-0.3, -0.25) is 20.2 Å². The lowest BCUT2D eigenvalue weighted by Crippen LogP contribution is -2.40. The summed E-state index contributed by atoms with van der Waals surface area (Å²) in [6.45, 7) is 1.63. The van der Waals surface area contributed by atoms with Crippen LogP contribution in [-0.2, 0) is 15.1 Å². The minimum atomic E-state index is -1.13. The number of hydrogen-bond donors (Lipinski definition) is 4. The third kappa shape index (κ3) is 3.44. The Balaban J connectivity index is 0.00000192. The van der Waals surface area contributed by atoms with Gasteiger partial charge in [0.15, 0.2) is 0 Å². The summed E-state index contributed by atoms with van der Waals surface area (Å²) in [4.78, 5) is 35.4. The number of hydrogen-bond acceptors (Lipinski definition) is 5. The third-order valence-corrected chi connectivity index (χ3v) is 4.72. The Bertz CT molecular complexity index is 651. The summed E-state index contributed by atoms with van der Waals surface area (Å²) in [5.74, 6) is 0.992. The topological polar surface area (TPSA) is 99.3 Å². The molecule has 1 aromatic rings. The SMILES string of the molecule is CC1(c2cccc(NC(=O)C3CSCN3)c2)NC(=O)NC1=O.Cl. The number of rotatable bonds is 3. The second-order valence-corrected chi connectivity index (χ2v) is 6.41. The zero-order chi connectivity index (χ0) is 15.7. The summed E-state index contributed by atoms with van der Waals surface area (Å²) in [6, 6.07) is 6.20. The average molecular weight is 357 g/mol. The van der Waals surface area contributed by atoms with Crippen molar-refractivity contribution < 1.29 is 14.4 Å². The highest BCUT2D eigenvalue weighted by Crippen LogP contribution is 2.26. The minimum Gasteiger partial charge on any atom is -0.325 e. The molecule has 2 saturated heterocycles. The summed E-state index contributed by atoms with van der Waals surface area (Å²) in [5, 5.41) is 10.8. The van der Waals surface area contributed by atoms with Gasteiger partial charge in [0.05, 0.1) is 6.04 Å². The van der Waals surface area contributed by atoms with Gasteiger partial charge < -0.3 is 10.6 Å². The van der Waals surface area contributed by atoms with Crippen molar-refractivity contribution >= 4 is 47.7 Å².